The monoisotopic (exact) mass is 402 g/mol. The second kappa shape index (κ2) is 11.0. The molecule has 0 unspecified atom stereocenters. The van der Waals surface area contributed by atoms with E-state index >= 15 is 0 Å². The Morgan fingerprint density at radius 2 is 1.82 bits per heavy atom. The molecule has 2 N–H and O–H groups in total. The normalized spacial score (nSPS) is 10.5. The highest BCUT2D eigenvalue weighted by molar-refractivity contribution is 6.30. The Morgan fingerprint density at radius 1 is 1.07 bits per heavy atom. The van der Waals surface area contributed by atoms with E-state index in [1.54, 1.807) is 49.6 Å². The van der Waals surface area contributed by atoms with E-state index < -0.39 is 11.8 Å². The van der Waals surface area contributed by atoms with Crippen molar-refractivity contribution < 1.29 is 19.1 Å². The lowest BCUT2D eigenvalue weighted by Gasteiger charge is -2.11. The minimum absolute atomic E-state index is 0.386. The predicted octanol–water partition coefficient (Wildman–Crippen LogP) is 4.00. The van der Waals surface area contributed by atoms with E-state index in [0.29, 0.717) is 28.7 Å². The molecule has 6 nitrogen and oxygen atoms in total. The molecule has 0 spiro atoms. The Morgan fingerprint density at radius 3 is 2.50 bits per heavy atom. The average Bonchev–Trinajstić information content (AvgIpc) is 2.71. The lowest BCUT2D eigenvalue weighted by atomic mass is 10.2. The minimum atomic E-state index is -0.468. The zero-order chi connectivity index (χ0) is 20.4. The Hall–Kier alpha value is -2.99. The molecule has 0 saturated heterocycles. The molecule has 0 radical (unpaired) electrons. The molecule has 0 heterocycles. The average molecular weight is 403 g/mol. The van der Waals surface area contributed by atoms with E-state index in [1.807, 2.05) is 6.07 Å². The van der Waals surface area contributed by atoms with Gasteiger partial charge in [0, 0.05) is 16.7 Å². The van der Waals surface area contributed by atoms with E-state index in [0.717, 1.165) is 18.4 Å². The number of hydrazine groups is 1. The number of halogens is 1. The summed E-state index contributed by atoms with van der Waals surface area (Å²) in [4.78, 5) is 23.9. The third kappa shape index (κ3) is 6.63. The third-order valence-corrected chi connectivity index (χ3v) is 4.03. The number of hydrogen-bond donors (Lipinski definition) is 2. The Kier molecular flexibility index (Phi) is 8.37. The highest BCUT2D eigenvalue weighted by Gasteiger charge is 2.07. The summed E-state index contributed by atoms with van der Waals surface area (Å²) < 4.78 is 11.0. The maximum absolute atomic E-state index is 11.9. The quantitative estimate of drug-likeness (QED) is 0.397. The molecule has 2 aromatic rings. The molecule has 0 aromatic heterocycles. The molecule has 2 rings (SSSR count). The number of methoxy groups -OCH3 is 1. The van der Waals surface area contributed by atoms with E-state index in [9.17, 15) is 9.59 Å². The molecule has 0 aliphatic rings. The minimum Gasteiger partial charge on any atom is -0.493 e. The highest BCUT2D eigenvalue weighted by Crippen LogP contribution is 2.28. The van der Waals surface area contributed by atoms with Crippen molar-refractivity contribution in [2.45, 2.75) is 19.8 Å². The van der Waals surface area contributed by atoms with Gasteiger partial charge in [-0.05, 0) is 54.5 Å². The topological polar surface area (TPSA) is 76.7 Å². The molecule has 0 atom stereocenters. The molecular formula is C21H23ClN2O4. The third-order valence-electron chi connectivity index (χ3n) is 3.78. The van der Waals surface area contributed by atoms with Crippen LogP contribution >= 0.6 is 11.6 Å². The smallest absolute Gasteiger partial charge is 0.269 e. The summed E-state index contributed by atoms with van der Waals surface area (Å²) in [6, 6.07) is 11.7. The zero-order valence-electron chi connectivity index (χ0n) is 15.8. The molecule has 0 fully saturated rings. The first kappa shape index (κ1) is 21.3. The fraction of sp³-hybridized carbons (Fsp3) is 0.238. The molecule has 0 aliphatic heterocycles. The summed E-state index contributed by atoms with van der Waals surface area (Å²) in [6.07, 6.45) is 4.94. The van der Waals surface area contributed by atoms with Crippen molar-refractivity contribution >= 4 is 29.5 Å². The van der Waals surface area contributed by atoms with Crippen molar-refractivity contribution in [3.05, 3.63) is 64.7 Å². The number of rotatable bonds is 8. The maximum Gasteiger partial charge on any atom is 0.269 e. The van der Waals surface area contributed by atoms with E-state index in [4.69, 9.17) is 21.1 Å². The van der Waals surface area contributed by atoms with Crippen LogP contribution in [0.3, 0.4) is 0 Å². The predicted molar refractivity (Wildman–Crippen MR) is 109 cm³/mol. The first-order valence-electron chi connectivity index (χ1n) is 8.88. The summed E-state index contributed by atoms with van der Waals surface area (Å²) >= 11 is 5.78. The van der Waals surface area contributed by atoms with Crippen LogP contribution in [0.1, 0.15) is 35.7 Å². The Balaban J connectivity index is 1.90. The van der Waals surface area contributed by atoms with Gasteiger partial charge in [-0.25, -0.2) is 0 Å². The summed E-state index contributed by atoms with van der Waals surface area (Å²) in [5.41, 5.74) is 5.81. The van der Waals surface area contributed by atoms with Crippen LogP contribution in [0, 0.1) is 0 Å². The number of ether oxygens (including phenoxy) is 2. The van der Waals surface area contributed by atoms with Gasteiger partial charge in [0.1, 0.15) is 0 Å². The van der Waals surface area contributed by atoms with Crippen LogP contribution in [0.4, 0.5) is 0 Å². The van der Waals surface area contributed by atoms with Gasteiger partial charge in [-0.2, -0.15) is 0 Å². The molecule has 148 valence electrons. The van der Waals surface area contributed by atoms with Gasteiger partial charge in [0.15, 0.2) is 11.5 Å². The molecule has 2 aromatic carbocycles. The fourth-order valence-corrected chi connectivity index (χ4v) is 2.36. The van der Waals surface area contributed by atoms with Crippen molar-refractivity contribution in [1.82, 2.24) is 10.9 Å². The number of amides is 2. The Bertz CT molecular complexity index is 835. The molecular weight excluding hydrogens is 380 g/mol. The molecule has 28 heavy (non-hydrogen) atoms. The Labute approximate surface area is 169 Å². The standard InChI is InChI=1S/C21H23ClN2O4/c1-3-4-13-28-18-11-5-15(14-19(18)27-2)6-12-20(25)23-24-21(26)16-7-9-17(22)10-8-16/h5-12,14H,3-4,13H2,1-2H3,(H,23,25)(H,24,26)/b12-6+. The van der Waals surface area contributed by atoms with Crippen LogP contribution in [0.2, 0.25) is 5.02 Å². The number of unbranched alkanes of at least 4 members (excludes halogenated alkanes) is 1. The van der Waals surface area contributed by atoms with Crippen molar-refractivity contribution in [2.75, 3.05) is 13.7 Å². The lowest BCUT2D eigenvalue weighted by molar-refractivity contribution is -0.117. The summed E-state index contributed by atoms with van der Waals surface area (Å²) in [5, 5.41) is 0.528. The number of benzene rings is 2. The van der Waals surface area contributed by atoms with Crippen LogP contribution in [0.25, 0.3) is 6.08 Å². The van der Waals surface area contributed by atoms with Crippen molar-refractivity contribution in [3.63, 3.8) is 0 Å². The van der Waals surface area contributed by atoms with Crippen molar-refractivity contribution in [3.8, 4) is 11.5 Å². The van der Waals surface area contributed by atoms with Gasteiger partial charge in [-0.3, -0.25) is 20.4 Å². The van der Waals surface area contributed by atoms with Gasteiger partial charge < -0.3 is 9.47 Å². The number of nitrogens with one attached hydrogen (secondary N) is 2. The number of carbonyl (C=O) groups excluding carboxylic acids is 2. The largest absolute Gasteiger partial charge is 0.493 e. The first-order chi connectivity index (χ1) is 13.5. The molecule has 0 saturated carbocycles. The second-order valence-corrected chi connectivity index (χ2v) is 6.33. The molecule has 7 heteroatoms. The highest BCUT2D eigenvalue weighted by atomic mass is 35.5. The van der Waals surface area contributed by atoms with Crippen LogP contribution < -0.4 is 20.3 Å². The van der Waals surface area contributed by atoms with Gasteiger partial charge >= 0.3 is 0 Å². The maximum atomic E-state index is 11.9. The zero-order valence-corrected chi connectivity index (χ0v) is 16.6. The molecule has 0 bridgehead atoms. The van der Waals surface area contributed by atoms with Crippen LogP contribution in [0.15, 0.2) is 48.5 Å². The van der Waals surface area contributed by atoms with Crippen molar-refractivity contribution in [2.24, 2.45) is 0 Å². The first-order valence-corrected chi connectivity index (χ1v) is 9.26. The number of hydrogen-bond acceptors (Lipinski definition) is 4. The summed E-state index contributed by atoms with van der Waals surface area (Å²) in [5.74, 6) is 0.348. The lowest BCUT2D eigenvalue weighted by Crippen LogP contribution is -2.40. The van der Waals surface area contributed by atoms with Gasteiger partial charge in [0.2, 0.25) is 0 Å². The van der Waals surface area contributed by atoms with Gasteiger partial charge in [0.25, 0.3) is 11.8 Å². The number of carbonyl (C=O) groups is 2. The summed E-state index contributed by atoms with van der Waals surface area (Å²) in [6.45, 7) is 2.72. The molecule has 2 amide bonds. The van der Waals surface area contributed by atoms with Crippen LogP contribution in [0.5, 0.6) is 11.5 Å². The fourth-order valence-electron chi connectivity index (χ4n) is 2.24. The van der Waals surface area contributed by atoms with E-state index in [-0.39, 0.29) is 0 Å². The SMILES string of the molecule is CCCCOc1ccc(/C=C/C(=O)NNC(=O)c2ccc(Cl)cc2)cc1OC. The van der Waals surface area contributed by atoms with Crippen molar-refractivity contribution in [1.29, 1.82) is 0 Å². The summed E-state index contributed by atoms with van der Waals surface area (Å²) in [7, 11) is 1.56. The second-order valence-electron chi connectivity index (χ2n) is 5.90. The molecule has 0 aliphatic carbocycles. The van der Waals surface area contributed by atoms with Gasteiger partial charge in [-0.1, -0.05) is 31.0 Å². The van der Waals surface area contributed by atoms with E-state index in [2.05, 4.69) is 17.8 Å². The van der Waals surface area contributed by atoms with E-state index in [1.165, 1.54) is 6.08 Å². The van der Waals surface area contributed by atoms with Gasteiger partial charge in [0.05, 0.1) is 13.7 Å². The van der Waals surface area contributed by atoms with Crippen LogP contribution in [-0.2, 0) is 4.79 Å². The van der Waals surface area contributed by atoms with Crippen LogP contribution in [-0.4, -0.2) is 25.5 Å². The van der Waals surface area contributed by atoms with Gasteiger partial charge in [-0.15, -0.1) is 0 Å².